The van der Waals surface area contributed by atoms with E-state index in [9.17, 15) is 9.59 Å². The van der Waals surface area contributed by atoms with E-state index in [0.29, 0.717) is 56.5 Å². The van der Waals surface area contributed by atoms with Crippen LogP contribution in [-0.4, -0.2) is 54.1 Å². The van der Waals surface area contributed by atoms with Gasteiger partial charge < -0.3 is 19.0 Å². The van der Waals surface area contributed by atoms with Gasteiger partial charge in [-0.05, 0) is 32.4 Å². The third-order valence-electron chi connectivity index (χ3n) is 4.72. The molecule has 0 saturated carbocycles. The van der Waals surface area contributed by atoms with Crippen LogP contribution in [0.4, 0.5) is 5.95 Å². The standard InChI is InChI=1S/C19H26N4O4/c1-13-4-5-15(27-13)12-22(3)17(24)7-6-16-14(2)20-19(21-18(16)25)23-8-10-26-11-9-23/h4-5H,6-12H2,1-3H3,(H,20,21,25). The van der Waals surface area contributed by atoms with Gasteiger partial charge in [0, 0.05) is 37.8 Å². The SMILES string of the molecule is Cc1ccc(CN(C)C(=O)CCc2c(C)nc(N3CCOCC3)[nH]c2=O)o1. The van der Waals surface area contributed by atoms with Crippen LogP contribution in [0, 0.1) is 13.8 Å². The molecule has 2 aromatic rings. The molecule has 0 unspecified atom stereocenters. The second-order valence-corrected chi connectivity index (χ2v) is 6.82. The third-order valence-corrected chi connectivity index (χ3v) is 4.72. The molecule has 1 aliphatic heterocycles. The normalized spacial score (nSPS) is 14.4. The van der Waals surface area contributed by atoms with Gasteiger partial charge in [-0.3, -0.25) is 14.6 Å². The van der Waals surface area contributed by atoms with Crippen molar-refractivity contribution in [1.82, 2.24) is 14.9 Å². The molecule has 3 rings (SSSR count). The topological polar surface area (TPSA) is 91.7 Å². The van der Waals surface area contributed by atoms with Crippen LogP contribution in [0.5, 0.6) is 0 Å². The molecular formula is C19H26N4O4. The summed E-state index contributed by atoms with van der Waals surface area (Å²) in [6, 6.07) is 3.74. The maximum Gasteiger partial charge on any atom is 0.255 e. The van der Waals surface area contributed by atoms with E-state index in [1.807, 2.05) is 30.9 Å². The van der Waals surface area contributed by atoms with E-state index in [2.05, 4.69) is 9.97 Å². The number of morpholine rings is 1. The van der Waals surface area contributed by atoms with Crippen molar-refractivity contribution >= 4 is 11.9 Å². The molecular weight excluding hydrogens is 348 g/mol. The first kappa shape index (κ1) is 19.2. The molecule has 1 fully saturated rings. The zero-order valence-electron chi connectivity index (χ0n) is 16.1. The Balaban J connectivity index is 1.61. The molecule has 27 heavy (non-hydrogen) atoms. The number of amides is 1. The van der Waals surface area contributed by atoms with Gasteiger partial charge in [-0.25, -0.2) is 4.98 Å². The zero-order valence-corrected chi connectivity index (χ0v) is 16.1. The second-order valence-electron chi connectivity index (χ2n) is 6.82. The van der Waals surface area contributed by atoms with Crippen molar-refractivity contribution in [1.29, 1.82) is 0 Å². The van der Waals surface area contributed by atoms with Gasteiger partial charge in [-0.1, -0.05) is 0 Å². The number of aryl methyl sites for hydroxylation is 2. The number of nitrogens with one attached hydrogen (secondary N) is 1. The van der Waals surface area contributed by atoms with Gasteiger partial charge in [0.2, 0.25) is 11.9 Å². The van der Waals surface area contributed by atoms with E-state index in [0.717, 1.165) is 11.5 Å². The van der Waals surface area contributed by atoms with Crippen molar-refractivity contribution in [3.05, 3.63) is 45.3 Å². The molecule has 3 heterocycles. The molecule has 146 valence electrons. The van der Waals surface area contributed by atoms with Gasteiger partial charge >= 0.3 is 0 Å². The zero-order chi connectivity index (χ0) is 19.4. The Morgan fingerprint density at radius 2 is 2.04 bits per heavy atom. The molecule has 1 amide bonds. The number of nitrogens with zero attached hydrogens (tertiary/aromatic N) is 3. The molecule has 0 aromatic carbocycles. The third kappa shape index (κ3) is 4.77. The molecule has 0 atom stereocenters. The number of hydrogen-bond donors (Lipinski definition) is 1. The minimum Gasteiger partial charge on any atom is -0.464 e. The number of rotatable bonds is 6. The Bertz CT molecular complexity index is 852. The number of anilines is 1. The number of H-pyrrole nitrogens is 1. The van der Waals surface area contributed by atoms with Crippen LogP contribution in [0.3, 0.4) is 0 Å². The fourth-order valence-electron chi connectivity index (χ4n) is 3.13. The summed E-state index contributed by atoms with van der Waals surface area (Å²) in [6.07, 6.45) is 0.608. The minimum atomic E-state index is -0.180. The molecule has 0 aliphatic carbocycles. The summed E-state index contributed by atoms with van der Waals surface area (Å²) in [6.45, 7) is 6.76. The monoisotopic (exact) mass is 374 g/mol. The average molecular weight is 374 g/mol. The predicted octanol–water partition coefficient (Wildman–Crippen LogP) is 1.41. The van der Waals surface area contributed by atoms with Gasteiger partial charge in [-0.2, -0.15) is 0 Å². The average Bonchev–Trinajstić information content (AvgIpc) is 3.06. The first-order valence-electron chi connectivity index (χ1n) is 9.16. The lowest BCUT2D eigenvalue weighted by molar-refractivity contribution is -0.130. The van der Waals surface area contributed by atoms with Crippen molar-refractivity contribution in [2.45, 2.75) is 33.2 Å². The Labute approximate surface area is 158 Å². The Morgan fingerprint density at radius 3 is 2.67 bits per heavy atom. The molecule has 0 bridgehead atoms. The summed E-state index contributed by atoms with van der Waals surface area (Å²) in [5.74, 6) is 2.09. The maximum atomic E-state index is 12.5. The molecule has 8 nitrogen and oxygen atoms in total. The number of ether oxygens (including phenoxy) is 1. The molecule has 2 aromatic heterocycles. The molecule has 1 N–H and O–H groups in total. The number of aromatic nitrogens is 2. The van der Waals surface area contributed by atoms with Crippen molar-refractivity contribution in [3.8, 4) is 0 Å². The largest absolute Gasteiger partial charge is 0.464 e. The maximum absolute atomic E-state index is 12.5. The van der Waals surface area contributed by atoms with E-state index >= 15 is 0 Å². The summed E-state index contributed by atoms with van der Waals surface area (Å²) >= 11 is 0. The highest BCUT2D eigenvalue weighted by Crippen LogP contribution is 2.13. The van der Waals surface area contributed by atoms with Crippen LogP contribution in [-0.2, 0) is 22.5 Å². The van der Waals surface area contributed by atoms with Crippen molar-refractivity contribution < 1.29 is 13.9 Å². The van der Waals surface area contributed by atoms with Gasteiger partial charge in [-0.15, -0.1) is 0 Å². The predicted molar refractivity (Wildman–Crippen MR) is 101 cm³/mol. The highest BCUT2D eigenvalue weighted by atomic mass is 16.5. The van der Waals surface area contributed by atoms with Gasteiger partial charge in [0.25, 0.3) is 5.56 Å². The smallest absolute Gasteiger partial charge is 0.255 e. The van der Waals surface area contributed by atoms with Gasteiger partial charge in [0.05, 0.1) is 19.8 Å². The number of aromatic amines is 1. The van der Waals surface area contributed by atoms with Crippen LogP contribution >= 0.6 is 0 Å². The van der Waals surface area contributed by atoms with Crippen LogP contribution in [0.2, 0.25) is 0 Å². The van der Waals surface area contributed by atoms with Crippen molar-refractivity contribution in [3.63, 3.8) is 0 Å². The van der Waals surface area contributed by atoms with E-state index < -0.39 is 0 Å². The van der Waals surface area contributed by atoms with Crippen molar-refractivity contribution in [2.24, 2.45) is 0 Å². The lowest BCUT2D eigenvalue weighted by atomic mass is 10.1. The van der Waals surface area contributed by atoms with Crippen LogP contribution in [0.1, 0.15) is 29.2 Å². The molecule has 1 aliphatic rings. The second kappa shape index (κ2) is 8.39. The van der Waals surface area contributed by atoms with Gasteiger partial charge in [0.15, 0.2) is 0 Å². The lowest BCUT2D eigenvalue weighted by Crippen LogP contribution is -2.38. The summed E-state index contributed by atoms with van der Waals surface area (Å²) in [7, 11) is 1.73. The number of carbonyl (C=O) groups excluding carboxylic acids is 1. The van der Waals surface area contributed by atoms with Crippen LogP contribution in [0.15, 0.2) is 21.3 Å². The van der Waals surface area contributed by atoms with E-state index in [1.54, 1.807) is 11.9 Å². The Kier molecular flexibility index (Phi) is 5.95. The minimum absolute atomic E-state index is 0.0416. The molecule has 0 spiro atoms. The van der Waals surface area contributed by atoms with E-state index in [-0.39, 0.29) is 17.9 Å². The summed E-state index contributed by atoms with van der Waals surface area (Å²) in [4.78, 5) is 35.9. The fraction of sp³-hybridized carbons (Fsp3) is 0.526. The fourth-order valence-corrected chi connectivity index (χ4v) is 3.13. The molecule has 8 heteroatoms. The van der Waals surface area contributed by atoms with Crippen molar-refractivity contribution in [2.75, 3.05) is 38.3 Å². The Morgan fingerprint density at radius 1 is 1.30 bits per heavy atom. The number of hydrogen-bond acceptors (Lipinski definition) is 6. The lowest BCUT2D eigenvalue weighted by Gasteiger charge is -2.27. The Hall–Kier alpha value is -2.61. The summed E-state index contributed by atoms with van der Waals surface area (Å²) in [5, 5.41) is 0. The van der Waals surface area contributed by atoms with E-state index in [1.165, 1.54) is 0 Å². The number of furan rings is 1. The summed E-state index contributed by atoms with van der Waals surface area (Å²) < 4.78 is 10.8. The molecule has 1 saturated heterocycles. The molecule has 0 radical (unpaired) electrons. The van der Waals surface area contributed by atoms with E-state index in [4.69, 9.17) is 9.15 Å². The van der Waals surface area contributed by atoms with Crippen LogP contribution in [0.25, 0.3) is 0 Å². The highest BCUT2D eigenvalue weighted by molar-refractivity contribution is 5.76. The number of carbonyl (C=O) groups is 1. The first-order valence-corrected chi connectivity index (χ1v) is 9.16. The van der Waals surface area contributed by atoms with Crippen LogP contribution < -0.4 is 10.5 Å². The quantitative estimate of drug-likeness (QED) is 0.822. The van der Waals surface area contributed by atoms with Gasteiger partial charge in [0.1, 0.15) is 11.5 Å². The first-order chi connectivity index (χ1) is 12.9. The summed E-state index contributed by atoms with van der Waals surface area (Å²) in [5.41, 5.74) is 1.04. The highest BCUT2D eigenvalue weighted by Gasteiger charge is 2.18.